The zero-order chi connectivity index (χ0) is 19.3. The molecule has 2 aromatic rings. The molecule has 0 bridgehead atoms. The van der Waals surface area contributed by atoms with E-state index in [1.54, 1.807) is 23.1 Å². The monoisotopic (exact) mass is 367 g/mol. The van der Waals surface area contributed by atoms with Gasteiger partial charge in [0.25, 0.3) is 0 Å². The Balaban J connectivity index is 2.15. The van der Waals surface area contributed by atoms with Gasteiger partial charge in [0, 0.05) is 12.6 Å². The van der Waals surface area contributed by atoms with E-state index in [9.17, 15) is 18.0 Å². The number of carboxylic acid groups (broad SMARTS) is 1. The second-order valence-corrected chi connectivity index (χ2v) is 6.17. The first-order valence-corrected chi connectivity index (χ1v) is 8.05. The molecule has 0 radical (unpaired) electrons. The molecule has 0 aliphatic carbocycles. The van der Waals surface area contributed by atoms with E-state index in [1.807, 2.05) is 19.9 Å². The highest BCUT2D eigenvalue weighted by Gasteiger charge is 2.30. The molecule has 0 atom stereocenters. The number of ether oxygens (including phenoxy) is 1. The molecule has 0 spiro atoms. The van der Waals surface area contributed by atoms with Crippen molar-refractivity contribution in [2.24, 2.45) is 0 Å². The number of carbonyl (C=O) groups is 1. The molecule has 0 aliphatic heterocycles. The fraction of sp³-hybridized carbons (Fsp3) is 0.316. The smallest absolute Gasteiger partial charge is 0.416 e. The van der Waals surface area contributed by atoms with Crippen molar-refractivity contribution in [1.82, 2.24) is 4.90 Å². The number of aliphatic carboxylic acids is 1. The molecule has 0 heterocycles. The van der Waals surface area contributed by atoms with Gasteiger partial charge in [-0.05, 0) is 49.7 Å². The van der Waals surface area contributed by atoms with Crippen LogP contribution in [0, 0.1) is 0 Å². The van der Waals surface area contributed by atoms with Crippen molar-refractivity contribution in [1.29, 1.82) is 0 Å². The lowest BCUT2D eigenvalue weighted by Gasteiger charge is -2.24. The van der Waals surface area contributed by atoms with Crippen LogP contribution in [0.2, 0.25) is 0 Å². The van der Waals surface area contributed by atoms with Gasteiger partial charge in [0.2, 0.25) is 0 Å². The molecule has 7 heteroatoms. The molecule has 0 saturated carbocycles. The maximum Gasteiger partial charge on any atom is 0.416 e. The average Bonchev–Trinajstić information content (AvgIpc) is 2.53. The maximum absolute atomic E-state index is 12.8. The van der Waals surface area contributed by atoms with Gasteiger partial charge >= 0.3 is 12.1 Å². The zero-order valence-corrected chi connectivity index (χ0v) is 14.5. The number of hydrogen-bond donors (Lipinski definition) is 1. The van der Waals surface area contributed by atoms with E-state index in [0.717, 1.165) is 17.7 Å². The van der Waals surface area contributed by atoms with Crippen molar-refractivity contribution >= 4 is 5.97 Å². The Kier molecular flexibility index (Phi) is 6.26. The Bertz CT molecular complexity index is 760. The molecule has 0 unspecified atom stereocenters. The number of benzene rings is 2. The number of alkyl halides is 3. The van der Waals surface area contributed by atoms with Crippen LogP contribution in [0.1, 0.15) is 25.0 Å². The van der Waals surface area contributed by atoms with E-state index in [4.69, 9.17) is 9.84 Å². The third-order valence-corrected chi connectivity index (χ3v) is 3.75. The normalized spacial score (nSPS) is 11.8. The van der Waals surface area contributed by atoms with E-state index in [2.05, 4.69) is 0 Å². The summed E-state index contributed by atoms with van der Waals surface area (Å²) >= 11 is 0. The van der Waals surface area contributed by atoms with Gasteiger partial charge in [-0.15, -0.1) is 0 Å². The second kappa shape index (κ2) is 8.23. The third kappa shape index (κ3) is 5.77. The molecule has 1 N–H and O–H groups in total. The van der Waals surface area contributed by atoms with E-state index < -0.39 is 17.7 Å². The van der Waals surface area contributed by atoms with Gasteiger partial charge < -0.3 is 9.84 Å². The summed E-state index contributed by atoms with van der Waals surface area (Å²) in [4.78, 5) is 12.7. The van der Waals surface area contributed by atoms with Crippen LogP contribution in [-0.2, 0) is 17.5 Å². The molecule has 0 fully saturated rings. The minimum atomic E-state index is -4.43. The Morgan fingerprint density at radius 1 is 1.12 bits per heavy atom. The molecule has 2 aromatic carbocycles. The molecular weight excluding hydrogens is 347 g/mol. The van der Waals surface area contributed by atoms with Crippen LogP contribution in [-0.4, -0.2) is 28.6 Å². The summed E-state index contributed by atoms with van der Waals surface area (Å²) in [5.41, 5.74) is 0.0306. The van der Waals surface area contributed by atoms with Crippen LogP contribution in [0.25, 0.3) is 0 Å². The lowest BCUT2D eigenvalue weighted by Crippen LogP contribution is -2.35. The predicted molar refractivity (Wildman–Crippen MR) is 91.1 cm³/mol. The first-order chi connectivity index (χ1) is 12.1. The van der Waals surface area contributed by atoms with Gasteiger partial charge in [-0.25, -0.2) is 0 Å². The Hall–Kier alpha value is -2.54. The lowest BCUT2D eigenvalue weighted by molar-refractivity contribution is -0.139. The molecule has 0 aliphatic rings. The minimum absolute atomic E-state index is 0.0270. The summed E-state index contributed by atoms with van der Waals surface area (Å²) < 4.78 is 43.9. The largest absolute Gasteiger partial charge is 0.480 e. The minimum Gasteiger partial charge on any atom is -0.480 e. The number of carboxylic acids is 1. The van der Waals surface area contributed by atoms with E-state index in [1.165, 1.54) is 12.1 Å². The topological polar surface area (TPSA) is 49.8 Å². The van der Waals surface area contributed by atoms with Crippen molar-refractivity contribution in [3.63, 3.8) is 0 Å². The van der Waals surface area contributed by atoms with Crippen LogP contribution in [0.5, 0.6) is 11.5 Å². The number of hydrogen-bond acceptors (Lipinski definition) is 3. The van der Waals surface area contributed by atoms with Gasteiger partial charge in [-0.2, -0.15) is 13.2 Å². The summed E-state index contributed by atoms with van der Waals surface area (Å²) in [6.45, 7) is 4.08. The fourth-order valence-electron chi connectivity index (χ4n) is 2.41. The lowest BCUT2D eigenvalue weighted by atomic mass is 10.1. The molecule has 26 heavy (non-hydrogen) atoms. The summed E-state index contributed by atoms with van der Waals surface area (Å²) in [5, 5.41) is 8.99. The summed E-state index contributed by atoms with van der Waals surface area (Å²) in [6, 6.07) is 11.6. The van der Waals surface area contributed by atoms with Crippen molar-refractivity contribution in [2.45, 2.75) is 32.6 Å². The van der Waals surface area contributed by atoms with Crippen molar-refractivity contribution in [2.75, 3.05) is 6.54 Å². The standard InChI is InChI=1S/C19H20F3NO3/c1-13(2)23(12-18(24)25)11-14-5-3-7-16(9-14)26-17-8-4-6-15(10-17)19(20,21)22/h3-10,13H,11-12H2,1-2H3,(H,24,25). The summed E-state index contributed by atoms with van der Waals surface area (Å²) in [6.07, 6.45) is -4.43. The average molecular weight is 367 g/mol. The van der Waals surface area contributed by atoms with Gasteiger partial charge in [-0.1, -0.05) is 18.2 Å². The summed E-state index contributed by atoms with van der Waals surface area (Å²) in [5.74, 6) is -0.445. The van der Waals surface area contributed by atoms with Gasteiger partial charge in [0.15, 0.2) is 0 Å². The molecule has 0 aromatic heterocycles. The molecular formula is C19H20F3NO3. The zero-order valence-electron chi connectivity index (χ0n) is 14.5. The van der Waals surface area contributed by atoms with E-state index >= 15 is 0 Å². The molecule has 4 nitrogen and oxygen atoms in total. The number of nitrogens with zero attached hydrogens (tertiary/aromatic N) is 1. The molecule has 140 valence electrons. The third-order valence-electron chi connectivity index (χ3n) is 3.75. The molecule has 0 amide bonds. The molecule has 0 saturated heterocycles. The summed E-state index contributed by atoms with van der Waals surface area (Å²) in [7, 11) is 0. The number of halogens is 3. The van der Waals surface area contributed by atoms with Crippen molar-refractivity contribution < 1.29 is 27.8 Å². The first-order valence-electron chi connectivity index (χ1n) is 8.05. The fourth-order valence-corrected chi connectivity index (χ4v) is 2.41. The Morgan fingerprint density at radius 2 is 1.73 bits per heavy atom. The Labute approximate surface area is 149 Å². The van der Waals surface area contributed by atoms with Gasteiger partial charge in [0.05, 0.1) is 12.1 Å². The highest BCUT2D eigenvalue weighted by atomic mass is 19.4. The quantitative estimate of drug-likeness (QED) is 0.764. The first kappa shape index (κ1) is 19.8. The van der Waals surface area contributed by atoms with Crippen LogP contribution >= 0.6 is 0 Å². The molecule has 2 rings (SSSR count). The SMILES string of the molecule is CC(C)N(CC(=O)O)Cc1cccc(Oc2cccc(C(F)(F)F)c2)c1. The van der Waals surface area contributed by atoms with Gasteiger partial charge in [0.1, 0.15) is 11.5 Å². The van der Waals surface area contributed by atoms with Gasteiger partial charge in [-0.3, -0.25) is 9.69 Å². The van der Waals surface area contributed by atoms with Crippen LogP contribution in [0.4, 0.5) is 13.2 Å². The number of rotatable bonds is 7. The van der Waals surface area contributed by atoms with E-state index in [0.29, 0.717) is 12.3 Å². The van der Waals surface area contributed by atoms with Crippen LogP contribution in [0.3, 0.4) is 0 Å². The van der Waals surface area contributed by atoms with Crippen LogP contribution < -0.4 is 4.74 Å². The van der Waals surface area contributed by atoms with Crippen molar-refractivity contribution in [3.8, 4) is 11.5 Å². The highest BCUT2D eigenvalue weighted by Crippen LogP contribution is 2.32. The Morgan fingerprint density at radius 3 is 2.31 bits per heavy atom. The second-order valence-electron chi connectivity index (χ2n) is 6.17. The highest BCUT2D eigenvalue weighted by molar-refractivity contribution is 5.69. The van der Waals surface area contributed by atoms with E-state index in [-0.39, 0.29) is 18.3 Å². The van der Waals surface area contributed by atoms with Crippen molar-refractivity contribution in [3.05, 3.63) is 59.7 Å². The van der Waals surface area contributed by atoms with Crippen LogP contribution in [0.15, 0.2) is 48.5 Å². The maximum atomic E-state index is 12.8. The predicted octanol–water partition coefficient (Wildman–Crippen LogP) is 4.79.